The lowest BCUT2D eigenvalue weighted by Crippen LogP contribution is -2.31. The number of rotatable bonds is 6. The maximum Gasteiger partial charge on any atom is 0.253 e. The Labute approximate surface area is 190 Å². The summed E-state index contributed by atoms with van der Waals surface area (Å²) in [6.07, 6.45) is 0.0232. The van der Waals surface area contributed by atoms with Crippen molar-refractivity contribution in [2.75, 3.05) is 5.32 Å². The summed E-state index contributed by atoms with van der Waals surface area (Å²) < 4.78 is 0. The molecule has 0 heterocycles. The number of amides is 2. The SMILES string of the molecule is O=C(CC(NC(=O)c1ccccc1Cl)c1ccccc1)Nc1ccc(O)c2ccccc12. The molecule has 1 unspecified atom stereocenters. The molecular formula is C26H21ClN2O3. The van der Waals surface area contributed by atoms with Crippen molar-refractivity contribution < 1.29 is 14.7 Å². The number of carbonyl (C=O) groups is 2. The van der Waals surface area contributed by atoms with Crippen LogP contribution in [0, 0.1) is 0 Å². The molecule has 32 heavy (non-hydrogen) atoms. The summed E-state index contributed by atoms with van der Waals surface area (Å²) in [5.41, 5.74) is 1.74. The standard InChI is InChI=1S/C26H21ClN2O3/c27-21-13-7-6-12-20(21)26(32)29-23(17-8-2-1-3-9-17)16-25(31)28-22-14-15-24(30)19-11-5-4-10-18(19)22/h1-15,23,30H,16H2,(H,28,31)(H,29,32). The first-order valence-electron chi connectivity index (χ1n) is 10.1. The van der Waals surface area contributed by atoms with Gasteiger partial charge in [-0.15, -0.1) is 0 Å². The zero-order chi connectivity index (χ0) is 22.5. The van der Waals surface area contributed by atoms with Crippen molar-refractivity contribution in [3.05, 3.63) is 107 Å². The molecule has 0 spiro atoms. The molecule has 5 nitrogen and oxygen atoms in total. The Morgan fingerprint density at radius 3 is 2.22 bits per heavy atom. The van der Waals surface area contributed by atoms with Crippen molar-refractivity contribution in [3.8, 4) is 5.75 Å². The fourth-order valence-corrected chi connectivity index (χ4v) is 3.82. The zero-order valence-electron chi connectivity index (χ0n) is 17.1. The first-order chi connectivity index (χ1) is 15.5. The van der Waals surface area contributed by atoms with E-state index in [-0.39, 0.29) is 24.0 Å². The van der Waals surface area contributed by atoms with Gasteiger partial charge in [0.05, 0.1) is 23.0 Å². The molecule has 0 bridgehead atoms. The molecule has 0 fully saturated rings. The minimum absolute atomic E-state index is 0.0232. The predicted octanol–water partition coefficient (Wildman–Crippen LogP) is 5.70. The fourth-order valence-electron chi connectivity index (χ4n) is 3.60. The topological polar surface area (TPSA) is 78.4 Å². The van der Waals surface area contributed by atoms with E-state index in [0.29, 0.717) is 21.7 Å². The second-order valence-electron chi connectivity index (χ2n) is 7.35. The van der Waals surface area contributed by atoms with Crippen LogP contribution in [-0.4, -0.2) is 16.9 Å². The summed E-state index contributed by atoms with van der Waals surface area (Å²) in [7, 11) is 0. The molecule has 0 aliphatic rings. The van der Waals surface area contributed by atoms with Crippen LogP contribution in [-0.2, 0) is 4.79 Å². The van der Waals surface area contributed by atoms with Gasteiger partial charge in [0.15, 0.2) is 0 Å². The number of phenolic OH excluding ortho intramolecular Hbond substituents is 1. The Morgan fingerprint density at radius 2 is 1.47 bits per heavy atom. The number of carbonyl (C=O) groups excluding carboxylic acids is 2. The number of hydrogen-bond acceptors (Lipinski definition) is 3. The Bertz CT molecular complexity index is 1270. The van der Waals surface area contributed by atoms with Crippen molar-refractivity contribution in [1.82, 2.24) is 5.32 Å². The highest BCUT2D eigenvalue weighted by atomic mass is 35.5. The molecular weight excluding hydrogens is 424 g/mol. The molecule has 0 saturated carbocycles. The highest BCUT2D eigenvalue weighted by Gasteiger charge is 2.21. The van der Waals surface area contributed by atoms with Crippen molar-refractivity contribution in [2.24, 2.45) is 0 Å². The Hall–Kier alpha value is -3.83. The van der Waals surface area contributed by atoms with Gasteiger partial charge in [0.1, 0.15) is 5.75 Å². The summed E-state index contributed by atoms with van der Waals surface area (Å²) in [4.78, 5) is 25.8. The van der Waals surface area contributed by atoms with Crippen LogP contribution in [0.1, 0.15) is 28.4 Å². The average molecular weight is 445 g/mol. The molecule has 4 aromatic rings. The number of aromatic hydroxyl groups is 1. The van der Waals surface area contributed by atoms with Crippen LogP contribution in [0.2, 0.25) is 5.02 Å². The first kappa shape index (κ1) is 21.4. The van der Waals surface area contributed by atoms with Crippen LogP contribution < -0.4 is 10.6 Å². The van der Waals surface area contributed by atoms with Gasteiger partial charge >= 0.3 is 0 Å². The van der Waals surface area contributed by atoms with Crippen LogP contribution in [0.15, 0.2) is 91.0 Å². The highest BCUT2D eigenvalue weighted by molar-refractivity contribution is 6.33. The summed E-state index contributed by atoms with van der Waals surface area (Å²) in [6.45, 7) is 0. The van der Waals surface area contributed by atoms with E-state index in [1.807, 2.05) is 48.5 Å². The van der Waals surface area contributed by atoms with E-state index in [1.54, 1.807) is 42.5 Å². The van der Waals surface area contributed by atoms with E-state index in [2.05, 4.69) is 10.6 Å². The minimum atomic E-state index is -0.552. The Morgan fingerprint density at radius 1 is 0.812 bits per heavy atom. The van der Waals surface area contributed by atoms with Gasteiger partial charge in [-0.05, 0) is 29.8 Å². The third-order valence-electron chi connectivity index (χ3n) is 5.19. The third kappa shape index (κ3) is 4.74. The molecule has 3 N–H and O–H groups in total. The fraction of sp³-hybridized carbons (Fsp3) is 0.0769. The van der Waals surface area contributed by atoms with Crippen LogP contribution in [0.3, 0.4) is 0 Å². The van der Waals surface area contributed by atoms with Crippen molar-refractivity contribution in [3.63, 3.8) is 0 Å². The van der Waals surface area contributed by atoms with Gasteiger partial charge < -0.3 is 15.7 Å². The molecule has 0 aromatic heterocycles. The van der Waals surface area contributed by atoms with Gasteiger partial charge in [0.25, 0.3) is 5.91 Å². The van der Waals surface area contributed by atoms with Crippen LogP contribution in [0.5, 0.6) is 5.75 Å². The number of phenols is 1. The number of benzene rings is 4. The second kappa shape index (κ2) is 9.54. The number of fused-ring (bicyclic) bond motifs is 1. The van der Waals surface area contributed by atoms with E-state index in [1.165, 1.54) is 0 Å². The quantitative estimate of drug-likeness (QED) is 0.334. The molecule has 4 aromatic carbocycles. The summed E-state index contributed by atoms with van der Waals surface area (Å²) in [6, 6.07) is 26.0. The average Bonchev–Trinajstić information content (AvgIpc) is 2.81. The Balaban J connectivity index is 1.57. The van der Waals surface area contributed by atoms with Crippen molar-refractivity contribution >= 4 is 39.9 Å². The van der Waals surface area contributed by atoms with E-state index < -0.39 is 6.04 Å². The number of anilines is 1. The summed E-state index contributed by atoms with van der Waals surface area (Å²) in [5.74, 6) is -0.478. The molecule has 0 aliphatic carbocycles. The van der Waals surface area contributed by atoms with E-state index >= 15 is 0 Å². The maximum absolute atomic E-state index is 13.0. The van der Waals surface area contributed by atoms with Crippen molar-refractivity contribution in [2.45, 2.75) is 12.5 Å². The molecule has 1 atom stereocenters. The van der Waals surface area contributed by atoms with E-state index in [0.717, 1.165) is 10.9 Å². The van der Waals surface area contributed by atoms with Gasteiger partial charge in [0, 0.05) is 16.5 Å². The van der Waals surface area contributed by atoms with Gasteiger partial charge in [-0.25, -0.2) is 0 Å². The number of hydrogen-bond donors (Lipinski definition) is 3. The molecule has 6 heteroatoms. The smallest absolute Gasteiger partial charge is 0.253 e. The van der Waals surface area contributed by atoms with Crippen LogP contribution in [0.4, 0.5) is 5.69 Å². The highest BCUT2D eigenvalue weighted by Crippen LogP contribution is 2.31. The largest absolute Gasteiger partial charge is 0.507 e. The molecule has 2 amide bonds. The molecule has 0 saturated heterocycles. The molecule has 0 radical (unpaired) electrons. The second-order valence-corrected chi connectivity index (χ2v) is 7.75. The van der Waals surface area contributed by atoms with E-state index in [4.69, 9.17) is 11.6 Å². The van der Waals surface area contributed by atoms with Gasteiger partial charge in [-0.1, -0.05) is 78.3 Å². The maximum atomic E-state index is 13.0. The lowest BCUT2D eigenvalue weighted by molar-refractivity contribution is -0.116. The monoisotopic (exact) mass is 444 g/mol. The molecule has 160 valence electrons. The summed E-state index contributed by atoms with van der Waals surface area (Å²) in [5, 5.41) is 17.6. The number of nitrogens with one attached hydrogen (secondary N) is 2. The number of halogens is 1. The van der Waals surface area contributed by atoms with Gasteiger partial charge in [0.2, 0.25) is 5.91 Å². The Kier molecular flexibility index (Phi) is 6.38. The first-order valence-corrected chi connectivity index (χ1v) is 10.5. The molecule has 4 rings (SSSR count). The van der Waals surface area contributed by atoms with Crippen LogP contribution in [0.25, 0.3) is 10.8 Å². The normalized spacial score (nSPS) is 11.7. The predicted molar refractivity (Wildman–Crippen MR) is 127 cm³/mol. The third-order valence-corrected chi connectivity index (χ3v) is 5.52. The van der Waals surface area contributed by atoms with Crippen molar-refractivity contribution in [1.29, 1.82) is 0 Å². The van der Waals surface area contributed by atoms with E-state index in [9.17, 15) is 14.7 Å². The lowest BCUT2D eigenvalue weighted by atomic mass is 10.0. The minimum Gasteiger partial charge on any atom is -0.507 e. The van der Waals surface area contributed by atoms with Crippen LogP contribution >= 0.6 is 11.6 Å². The lowest BCUT2D eigenvalue weighted by Gasteiger charge is -2.20. The van der Waals surface area contributed by atoms with Gasteiger partial charge in [-0.3, -0.25) is 9.59 Å². The summed E-state index contributed by atoms with van der Waals surface area (Å²) >= 11 is 6.17. The molecule has 0 aliphatic heterocycles. The van der Waals surface area contributed by atoms with Gasteiger partial charge in [-0.2, -0.15) is 0 Å². The zero-order valence-corrected chi connectivity index (χ0v) is 17.8.